The van der Waals surface area contributed by atoms with Crippen LogP contribution in [0.2, 0.25) is 0 Å². The molecule has 0 radical (unpaired) electrons. The van der Waals surface area contributed by atoms with Gasteiger partial charge in [0.1, 0.15) is 11.4 Å². The predicted molar refractivity (Wildman–Crippen MR) is 60.9 cm³/mol. The zero-order valence-corrected chi connectivity index (χ0v) is 8.60. The molecule has 0 saturated carbocycles. The van der Waals surface area contributed by atoms with Gasteiger partial charge in [0.25, 0.3) is 0 Å². The number of hydrogen-bond acceptors (Lipinski definition) is 2. The smallest absolute Gasteiger partial charge is 0.147 e. The van der Waals surface area contributed by atoms with Crippen molar-refractivity contribution in [3.05, 3.63) is 48.1 Å². The van der Waals surface area contributed by atoms with E-state index in [9.17, 15) is 0 Å². The predicted octanol–water partition coefficient (Wildman–Crippen LogP) is 2.63. The Morgan fingerprint density at radius 3 is 3.07 bits per heavy atom. The molecule has 1 heterocycles. The van der Waals surface area contributed by atoms with E-state index in [1.165, 1.54) is 5.56 Å². The van der Waals surface area contributed by atoms with Gasteiger partial charge < -0.3 is 10.5 Å². The molecule has 0 fully saturated rings. The number of para-hydroxylation sites is 1. The van der Waals surface area contributed by atoms with Gasteiger partial charge >= 0.3 is 0 Å². The molecule has 2 N–H and O–H groups in total. The topological polar surface area (TPSA) is 35.2 Å². The Labute approximate surface area is 89.0 Å². The Morgan fingerprint density at radius 1 is 1.33 bits per heavy atom. The molecule has 0 bridgehead atoms. The first kappa shape index (κ1) is 8.60. The third kappa shape index (κ3) is 1.05. The largest absolute Gasteiger partial charge is 0.480 e. The Morgan fingerprint density at radius 2 is 2.20 bits per heavy atom. The van der Waals surface area contributed by atoms with E-state index in [2.05, 4.69) is 31.2 Å². The third-order valence-corrected chi connectivity index (χ3v) is 3.19. The average molecular weight is 199 g/mol. The van der Waals surface area contributed by atoms with E-state index in [-0.39, 0.29) is 5.60 Å². The zero-order chi connectivity index (χ0) is 10.5. The fourth-order valence-electron chi connectivity index (χ4n) is 2.38. The summed E-state index contributed by atoms with van der Waals surface area (Å²) in [6.45, 7) is 2.09. The van der Waals surface area contributed by atoms with E-state index in [4.69, 9.17) is 10.5 Å². The zero-order valence-electron chi connectivity index (χ0n) is 8.60. The van der Waals surface area contributed by atoms with Gasteiger partial charge in [-0.3, -0.25) is 0 Å². The van der Waals surface area contributed by atoms with Gasteiger partial charge in [0.05, 0.1) is 5.69 Å². The fraction of sp³-hybridized carbons (Fsp3) is 0.231. The lowest BCUT2D eigenvalue weighted by Crippen LogP contribution is -2.32. The molecular weight excluding hydrogens is 186 g/mol. The normalized spacial score (nSPS) is 30.9. The van der Waals surface area contributed by atoms with Crippen molar-refractivity contribution in [2.75, 3.05) is 5.73 Å². The van der Waals surface area contributed by atoms with E-state index in [1.54, 1.807) is 0 Å². The van der Waals surface area contributed by atoms with Crippen LogP contribution in [0, 0.1) is 0 Å². The maximum Gasteiger partial charge on any atom is 0.147 e. The lowest BCUT2D eigenvalue weighted by Gasteiger charge is -2.27. The molecule has 15 heavy (non-hydrogen) atoms. The molecule has 2 aliphatic rings. The summed E-state index contributed by atoms with van der Waals surface area (Å²) in [6, 6.07) is 5.95. The molecule has 2 unspecified atom stereocenters. The van der Waals surface area contributed by atoms with Crippen molar-refractivity contribution < 1.29 is 4.74 Å². The number of anilines is 1. The molecular formula is C13H13NO. The van der Waals surface area contributed by atoms with E-state index in [0.29, 0.717) is 5.92 Å². The quantitative estimate of drug-likeness (QED) is 0.652. The summed E-state index contributed by atoms with van der Waals surface area (Å²) in [5, 5.41) is 0. The van der Waals surface area contributed by atoms with Crippen molar-refractivity contribution >= 4 is 5.69 Å². The molecule has 2 atom stereocenters. The van der Waals surface area contributed by atoms with Crippen LogP contribution in [-0.4, -0.2) is 5.60 Å². The van der Waals surface area contributed by atoms with Gasteiger partial charge in [0.15, 0.2) is 0 Å². The SMILES string of the molecule is CC12C=CC=CC1c1cccc(N)c1O2. The summed E-state index contributed by atoms with van der Waals surface area (Å²) in [4.78, 5) is 0. The number of nitrogen functional groups attached to an aromatic ring is 1. The first-order chi connectivity index (χ1) is 7.21. The van der Waals surface area contributed by atoms with Crippen LogP contribution in [0.3, 0.4) is 0 Å². The van der Waals surface area contributed by atoms with Crippen LogP contribution in [0.1, 0.15) is 18.4 Å². The van der Waals surface area contributed by atoms with Crippen molar-refractivity contribution in [2.24, 2.45) is 0 Å². The van der Waals surface area contributed by atoms with Gasteiger partial charge in [0.2, 0.25) is 0 Å². The van der Waals surface area contributed by atoms with Crippen molar-refractivity contribution in [3.8, 4) is 5.75 Å². The maximum absolute atomic E-state index is 5.97. The highest BCUT2D eigenvalue weighted by Gasteiger charge is 2.43. The standard InChI is InChI=1S/C13H13NO/c1-13-8-3-2-6-10(13)9-5-4-7-11(14)12(9)15-13/h2-8,10H,14H2,1H3. The van der Waals surface area contributed by atoms with Crippen LogP contribution in [0.4, 0.5) is 5.69 Å². The second-order valence-electron chi connectivity index (χ2n) is 4.27. The molecule has 1 aromatic carbocycles. The van der Waals surface area contributed by atoms with Crippen LogP contribution >= 0.6 is 0 Å². The number of benzene rings is 1. The molecule has 1 aromatic rings. The van der Waals surface area contributed by atoms with Gasteiger partial charge in [0, 0.05) is 11.5 Å². The molecule has 76 valence electrons. The Hall–Kier alpha value is -1.70. The Kier molecular flexibility index (Phi) is 1.52. The molecule has 0 saturated heterocycles. The molecule has 3 rings (SSSR count). The van der Waals surface area contributed by atoms with Gasteiger partial charge in [-0.25, -0.2) is 0 Å². The average Bonchev–Trinajstić information content (AvgIpc) is 2.52. The number of rotatable bonds is 0. The van der Waals surface area contributed by atoms with Crippen molar-refractivity contribution in [1.82, 2.24) is 0 Å². The van der Waals surface area contributed by atoms with Gasteiger partial charge in [-0.1, -0.05) is 30.4 Å². The summed E-state index contributed by atoms with van der Waals surface area (Å²) in [7, 11) is 0. The highest BCUT2D eigenvalue weighted by molar-refractivity contribution is 5.63. The highest BCUT2D eigenvalue weighted by Crippen LogP contribution is 2.49. The van der Waals surface area contributed by atoms with Gasteiger partial charge in [-0.2, -0.15) is 0 Å². The van der Waals surface area contributed by atoms with Crippen LogP contribution in [0.15, 0.2) is 42.5 Å². The molecule has 2 heteroatoms. The number of nitrogens with two attached hydrogens (primary N) is 1. The second-order valence-corrected chi connectivity index (χ2v) is 4.27. The van der Waals surface area contributed by atoms with Crippen LogP contribution in [-0.2, 0) is 0 Å². The van der Waals surface area contributed by atoms with Crippen molar-refractivity contribution in [3.63, 3.8) is 0 Å². The van der Waals surface area contributed by atoms with Crippen LogP contribution in [0.25, 0.3) is 0 Å². The Balaban J connectivity index is 2.20. The fourth-order valence-corrected chi connectivity index (χ4v) is 2.38. The molecule has 0 spiro atoms. The third-order valence-electron chi connectivity index (χ3n) is 3.19. The van der Waals surface area contributed by atoms with E-state index < -0.39 is 0 Å². The van der Waals surface area contributed by atoms with Crippen LogP contribution in [0.5, 0.6) is 5.75 Å². The maximum atomic E-state index is 5.97. The number of ether oxygens (including phenoxy) is 1. The lowest BCUT2D eigenvalue weighted by molar-refractivity contribution is 0.156. The number of allylic oxidation sites excluding steroid dienone is 2. The van der Waals surface area contributed by atoms with E-state index in [0.717, 1.165) is 11.4 Å². The summed E-state index contributed by atoms with van der Waals surface area (Å²) < 4.78 is 5.97. The van der Waals surface area contributed by atoms with Crippen molar-refractivity contribution in [2.45, 2.75) is 18.4 Å². The number of fused-ring (bicyclic) bond motifs is 3. The lowest BCUT2D eigenvalue weighted by atomic mass is 9.82. The summed E-state index contributed by atoms with van der Waals surface area (Å²) in [5.41, 5.74) is 7.57. The molecule has 1 aliphatic carbocycles. The molecule has 0 amide bonds. The monoisotopic (exact) mass is 199 g/mol. The Bertz CT molecular complexity index is 475. The summed E-state index contributed by atoms with van der Waals surface area (Å²) >= 11 is 0. The highest BCUT2D eigenvalue weighted by atomic mass is 16.5. The minimum atomic E-state index is -0.257. The van der Waals surface area contributed by atoms with Crippen molar-refractivity contribution in [1.29, 1.82) is 0 Å². The van der Waals surface area contributed by atoms with Gasteiger partial charge in [-0.05, 0) is 19.1 Å². The minimum absolute atomic E-state index is 0.257. The summed E-state index contributed by atoms with van der Waals surface area (Å²) in [6.07, 6.45) is 8.36. The van der Waals surface area contributed by atoms with Crippen LogP contribution < -0.4 is 10.5 Å². The molecule has 1 aliphatic heterocycles. The molecule has 0 aromatic heterocycles. The first-order valence-electron chi connectivity index (χ1n) is 5.14. The number of hydrogen-bond donors (Lipinski definition) is 1. The summed E-state index contributed by atoms with van der Waals surface area (Å²) in [5.74, 6) is 1.14. The van der Waals surface area contributed by atoms with E-state index >= 15 is 0 Å². The minimum Gasteiger partial charge on any atom is -0.480 e. The molecule has 2 nitrogen and oxygen atoms in total. The first-order valence-corrected chi connectivity index (χ1v) is 5.14. The van der Waals surface area contributed by atoms with Gasteiger partial charge in [-0.15, -0.1) is 0 Å². The van der Waals surface area contributed by atoms with E-state index in [1.807, 2.05) is 18.2 Å². The second kappa shape index (κ2) is 2.66.